The van der Waals surface area contributed by atoms with Gasteiger partial charge in [-0.15, -0.1) is 0 Å². The van der Waals surface area contributed by atoms with Gasteiger partial charge in [0, 0.05) is 21.4 Å². The average molecular weight is 375 g/mol. The first kappa shape index (κ1) is 13.3. The second-order valence-electron chi connectivity index (χ2n) is 3.45. The van der Waals surface area contributed by atoms with Crippen molar-refractivity contribution in [2.75, 3.05) is 14.2 Å². The number of pyridine rings is 1. The van der Waals surface area contributed by atoms with Gasteiger partial charge >= 0.3 is 5.97 Å². The van der Waals surface area contributed by atoms with Crippen LogP contribution in [0, 0.1) is 0 Å². The van der Waals surface area contributed by atoms with E-state index in [1.165, 1.54) is 7.11 Å². The van der Waals surface area contributed by atoms with Crippen molar-refractivity contribution in [1.82, 2.24) is 4.98 Å². The molecule has 94 valence electrons. The van der Waals surface area contributed by atoms with Gasteiger partial charge in [0.15, 0.2) is 5.69 Å². The molecule has 1 aromatic heterocycles. The molecule has 1 heterocycles. The van der Waals surface area contributed by atoms with Crippen molar-refractivity contribution in [2.24, 2.45) is 0 Å². The van der Waals surface area contributed by atoms with Gasteiger partial charge in [-0.05, 0) is 44.0 Å². The second kappa shape index (κ2) is 5.24. The molecule has 0 N–H and O–H groups in total. The Balaban J connectivity index is 2.84. The third kappa shape index (κ3) is 2.10. The zero-order valence-electron chi connectivity index (χ0n) is 9.66. The molecule has 0 bridgehead atoms. The summed E-state index contributed by atoms with van der Waals surface area (Å²) in [5, 5.41) is 1.52. The van der Waals surface area contributed by atoms with Crippen LogP contribution in [0.1, 0.15) is 10.5 Å². The molecule has 0 aliphatic heterocycles. The summed E-state index contributed by atoms with van der Waals surface area (Å²) < 4.78 is 11.5. The van der Waals surface area contributed by atoms with Gasteiger partial charge in [0.25, 0.3) is 0 Å². The SMILES string of the molecule is COC(=O)c1ncc(Br)c2c(Br)c(OC)ccc12. The lowest BCUT2D eigenvalue weighted by Gasteiger charge is -2.10. The lowest BCUT2D eigenvalue weighted by molar-refractivity contribution is 0.0596. The Morgan fingerprint density at radius 1 is 1.28 bits per heavy atom. The molecule has 18 heavy (non-hydrogen) atoms. The van der Waals surface area contributed by atoms with Crippen LogP contribution >= 0.6 is 31.9 Å². The number of methoxy groups -OCH3 is 2. The molecule has 2 rings (SSSR count). The molecule has 0 unspecified atom stereocenters. The minimum atomic E-state index is -0.468. The largest absolute Gasteiger partial charge is 0.496 e. The molecule has 2 aromatic rings. The minimum absolute atomic E-state index is 0.277. The maximum atomic E-state index is 11.7. The predicted octanol–water partition coefficient (Wildman–Crippen LogP) is 3.56. The maximum Gasteiger partial charge on any atom is 0.357 e. The van der Waals surface area contributed by atoms with Crippen LogP contribution in [0.25, 0.3) is 10.8 Å². The molecule has 0 aliphatic carbocycles. The minimum Gasteiger partial charge on any atom is -0.496 e. The molecule has 0 amide bonds. The molecule has 0 aliphatic rings. The number of ether oxygens (including phenoxy) is 2. The number of hydrogen-bond acceptors (Lipinski definition) is 4. The van der Waals surface area contributed by atoms with Crippen LogP contribution in [0.5, 0.6) is 5.75 Å². The van der Waals surface area contributed by atoms with E-state index in [1.54, 1.807) is 25.4 Å². The van der Waals surface area contributed by atoms with Crippen LogP contribution < -0.4 is 4.74 Å². The van der Waals surface area contributed by atoms with Gasteiger partial charge in [-0.3, -0.25) is 0 Å². The molecule has 1 aromatic carbocycles. The summed E-state index contributed by atoms with van der Waals surface area (Å²) >= 11 is 6.88. The normalized spacial score (nSPS) is 10.4. The lowest BCUT2D eigenvalue weighted by Crippen LogP contribution is -2.05. The van der Waals surface area contributed by atoms with E-state index >= 15 is 0 Å². The summed E-state index contributed by atoms with van der Waals surface area (Å²) in [4.78, 5) is 15.7. The zero-order chi connectivity index (χ0) is 13.3. The summed E-state index contributed by atoms with van der Waals surface area (Å²) in [7, 11) is 2.92. The van der Waals surface area contributed by atoms with Gasteiger partial charge < -0.3 is 9.47 Å². The summed E-state index contributed by atoms with van der Waals surface area (Å²) in [5.41, 5.74) is 0.277. The third-order valence-electron chi connectivity index (χ3n) is 2.51. The van der Waals surface area contributed by atoms with Gasteiger partial charge in [0.2, 0.25) is 0 Å². The van der Waals surface area contributed by atoms with E-state index in [2.05, 4.69) is 36.8 Å². The molecule has 0 atom stereocenters. The van der Waals surface area contributed by atoms with Crippen molar-refractivity contribution in [3.05, 3.63) is 33.0 Å². The fourth-order valence-corrected chi connectivity index (χ4v) is 3.16. The van der Waals surface area contributed by atoms with E-state index in [1.807, 2.05) is 0 Å². The number of hydrogen-bond donors (Lipinski definition) is 0. The Labute approximate surface area is 121 Å². The Kier molecular flexibility index (Phi) is 3.87. The summed E-state index contributed by atoms with van der Waals surface area (Å²) in [6, 6.07) is 3.55. The zero-order valence-corrected chi connectivity index (χ0v) is 12.8. The molecule has 0 saturated carbocycles. The molecular formula is C12H9Br2NO3. The van der Waals surface area contributed by atoms with Crippen LogP contribution in [-0.2, 0) is 4.74 Å². The predicted molar refractivity (Wildman–Crippen MR) is 75.0 cm³/mol. The summed E-state index contributed by atoms with van der Waals surface area (Å²) in [6.45, 7) is 0. The van der Waals surface area contributed by atoms with Crippen LogP contribution in [0.15, 0.2) is 27.3 Å². The molecule has 4 nitrogen and oxygen atoms in total. The van der Waals surface area contributed by atoms with Crippen molar-refractivity contribution < 1.29 is 14.3 Å². The first-order valence-corrected chi connectivity index (χ1v) is 6.57. The average Bonchev–Trinajstić information content (AvgIpc) is 2.38. The fourth-order valence-electron chi connectivity index (χ4n) is 1.66. The number of fused-ring (bicyclic) bond motifs is 1. The Morgan fingerprint density at radius 3 is 2.61 bits per heavy atom. The maximum absolute atomic E-state index is 11.7. The quantitative estimate of drug-likeness (QED) is 0.754. The van der Waals surface area contributed by atoms with Crippen molar-refractivity contribution in [1.29, 1.82) is 0 Å². The molecule has 0 spiro atoms. The van der Waals surface area contributed by atoms with E-state index in [9.17, 15) is 4.79 Å². The van der Waals surface area contributed by atoms with Gasteiger partial charge in [0.05, 0.1) is 18.7 Å². The number of benzene rings is 1. The lowest BCUT2D eigenvalue weighted by atomic mass is 10.1. The van der Waals surface area contributed by atoms with E-state index in [4.69, 9.17) is 9.47 Å². The number of carbonyl (C=O) groups is 1. The highest BCUT2D eigenvalue weighted by Crippen LogP contribution is 2.38. The summed E-state index contributed by atoms with van der Waals surface area (Å²) in [5.74, 6) is 0.217. The standard InChI is InChI=1S/C12H9Br2NO3/c1-17-8-4-3-6-9(10(8)14)7(13)5-15-11(6)12(16)18-2/h3-5H,1-2H3. The Bertz CT molecular complexity index is 628. The third-order valence-corrected chi connectivity index (χ3v) is 3.89. The van der Waals surface area contributed by atoms with Crippen LogP contribution in [0.3, 0.4) is 0 Å². The first-order valence-electron chi connectivity index (χ1n) is 4.99. The fraction of sp³-hybridized carbons (Fsp3) is 0.167. The second-order valence-corrected chi connectivity index (χ2v) is 5.10. The molecule has 0 fully saturated rings. The monoisotopic (exact) mass is 373 g/mol. The van der Waals surface area contributed by atoms with Crippen LogP contribution in [-0.4, -0.2) is 25.2 Å². The van der Waals surface area contributed by atoms with E-state index in [0.29, 0.717) is 11.1 Å². The first-order chi connectivity index (χ1) is 8.60. The van der Waals surface area contributed by atoms with Gasteiger partial charge in [-0.2, -0.15) is 0 Å². The molecule has 0 saturated heterocycles. The number of esters is 1. The van der Waals surface area contributed by atoms with E-state index in [0.717, 1.165) is 14.3 Å². The number of aromatic nitrogens is 1. The van der Waals surface area contributed by atoms with Crippen LogP contribution in [0.4, 0.5) is 0 Å². The Hall–Kier alpha value is -1.14. The highest BCUT2D eigenvalue weighted by Gasteiger charge is 2.17. The van der Waals surface area contributed by atoms with Gasteiger partial charge in [-0.25, -0.2) is 9.78 Å². The van der Waals surface area contributed by atoms with Gasteiger partial charge in [0.1, 0.15) is 5.75 Å². The number of halogens is 2. The summed E-state index contributed by atoms with van der Waals surface area (Å²) in [6.07, 6.45) is 1.57. The van der Waals surface area contributed by atoms with E-state index in [-0.39, 0.29) is 5.69 Å². The molecular weight excluding hydrogens is 366 g/mol. The smallest absolute Gasteiger partial charge is 0.357 e. The van der Waals surface area contributed by atoms with Gasteiger partial charge in [-0.1, -0.05) is 0 Å². The van der Waals surface area contributed by atoms with Crippen molar-refractivity contribution >= 4 is 48.6 Å². The van der Waals surface area contributed by atoms with E-state index < -0.39 is 5.97 Å². The van der Waals surface area contributed by atoms with Crippen molar-refractivity contribution in [3.63, 3.8) is 0 Å². The van der Waals surface area contributed by atoms with Crippen molar-refractivity contribution in [3.8, 4) is 5.75 Å². The Morgan fingerprint density at radius 2 is 2.00 bits per heavy atom. The molecule has 0 radical (unpaired) electrons. The molecule has 6 heteroatoms. The highest BCUT2D eigenvalue weighted by molar-refractivity contribution is 9.11. The number of nitrogens with zero attached hydrogens (tertiary/aromatic N) is 1. The number of rotatable bonds is 2. The highest BCUT2D eigenvalue weighted by atomic mass is 79.9. The topological polar surface area (TPSA) is 48.4 Å². The number of carbonyl (C=O) groups excluding carboxylic acids is 1. The van der Waals surface area contributed by atoms with Crippen LogP contribution in [0.2, 0.25) is 0 Å². The van der Waals surface area contributed by atoms with Crippen molar-refractivity contribution in [2.45, 2.75) is 0 Å².